The van der Waals surface area contributed by atoms with E-state index in [0.29, 0.717) is 6.42 Å². The first-order valence-electron chi connectivity index (χ1n) is 22.0. The molecule has 3 fully saturated rings. The number of hydrogen-bond acceptors (Lipinski definition) is 20. The van der Waals surface area contributed by atoms with E-state index >= 15 is 0 Å². The van der Waals surface area contributed by atoms with Crippen molar-refractivity contribution in [3.63, 3.8) is 0 Å². The molecule has 21 nitrogen and oxygen atoms in total. The molecule has 11 N–H and O–H groups in total. The maximum Gasteiger partial charge on any atom is 0.335 e. The van der Waals surface area contributed by atoms with Gasteiger partial charge in [-0.3, -0.25) is 9.59 Å². The lowest BCUT2D eigenvalue weighted by Gasteiger charge is -2.49. The van der Waals surface area contributed by atoms with Crippen molar-refractivity contribution in [1.82, 2.24) is 4.90 Å². The lowest BCUT2D eigenvalue weighted by molar-refractivity contribution is -0.318. The van der Waals surface area contributed by atoms with E-state index in [9.17, 15) is 39.9 Å². The van der Waals surface area contributed by atoms with Crippen molar-refractivity contribution < 1.29 is 99.0 Å². The van der Waals surface area contributed by atoms with Crippen molar-refractivity contribution in [1.29, 1.82) is 0 Å². The summed E-state index contributed by atoms with van der Waals surface area (Å²) in [4.78, 5) is 39.9. The van der Waals surface area contributed by atoms with Crippen LogP contribution in [0.1, 0.15) is 94.9 Å². The minimum atomic E-state index is -2.20. The molecule has 0 aliphatic carbocycles. The van der Waals surface area contributed by atoms with E-state index < -0.39 is 145 Å². The standard InChI is InChI=1S/C37H67NO13.C6H12O7/c1-14-25-37(10,45)30(41)20(4)27(39)18(2)16-35(8,44)32(51-34-28(40)24(38(11)12)15-19(3)47-34)21(5)29(22(6)33(43)49-25)50-26-17-36(9,46-13)31(42)23(7)48-26;7-1-2(8)3(9)4(10)5(11)6(12)13/h18-26,28-32,34,40-42,44-45H,14-17H2,1-13H3;2-5,7-11H,1H2,(H,12,13)/t18-,19?,20+,21?,22-,23?,24?,25-,26?,28?,29+,30-,31?,32-,34?,35-,36?,37-;/m1./s1. The molecule has 3 heterocycles. The fraction of sp³-hybridized carbons (Fsp3) is 0.930. The van der Waals surface area contributed by atoms with Crippen LogP contribution in [0.5, 0.6) is 0 Å². The summed E-state index contributed by atoms with van der Waals surface area (Å²) in [5, 5.41) is 109. The Kier molecular flexibility index (Phi) is 21.6. The largest absolute Gasteiger partial charge is 0.479 e. The average Bonchev–Trinajstić information content (AvgIpc) is 3.23. The van der Waals surface area contributed by atoms with E-state index in [2.05, 4.69) is 0 Å². The summed E-state index contributed by atoms with van der Waals surface area (Å²) in [6, 6.07) is -0.324. The third-order valence-corrected chi connectivity index (χ3v) is 13.3. The SMILES string of the molecule is CC[C@H]1OC(=O)[C@H](C)[C@@H](OC2CC(C)(OC)C(O)C(C)O2)C(C)[C@@H](OC2OC(C)CC(N(C)C)C2O)[C@](C)(O)C[C@@H](C)C(=O)[C@H](C)[C@@H](O)[C@]1(C)O.O=C(O)C(O)C(O)C(O)C(O)CO. The number of aliphatic carboxylic acids is 1. The van der Waals surface area contributed by atoms with Gasteiger partial charge in [-0.2, -0.15) is 0 Å². The molecular weight excluding hydrogens is 850 g/mol. The number of carbonyl (C=O) groups is 3. The van der Waals surface area contributed by atoms with Crippen LogP contribution in [0.2, 0.25) is 0 Å². The summed E-state index contributed by atoms with van der Waals surface area (Å²) in [6.07, 6.45) is -17.5. The van der Waals surface area contributed by atoms with Crippen molar-refractivity contribution in [3.8, 4) is 0 Å². The number of ether oxygens (including phenoxy) is 6. The molecule has 3 rings (SSSR count). The summed E-state index contributed by atoms with van der Waals surface area (Å²) < 4.78 is 37.1. The Labute approximate surface area is 376 Å². The minimum absolute atomic E-state index is 0.0936. The third-order valence-electron chi connectivity index (χ3n) is 13.3. The molecule has 3 aliphatic rings. The van der Waals surface area contributed by atoms with E-state index in [0.717, 1.165) is 0 Å². The third kappa shape index (κ3) is 13.8. The van der Waals surface area contributed by atoms with E-state index in [-0.39, 0.29) is 31.4 Å². The number of Topliss-reactive ketones (excluding diaryl/α,β-unsaturated/α-hetero) is 1. The van der Waals surface area contributed by atoms with E-state index in [4.69, 9.17) is 59.1 Å². The van der Waals surface area contributed by atoms with Crippen molar-refractivity contribution >= 4 is 17.7 Å². The van der Waals surface area contributed by atoms with Crippen molar-refractivity contribution in [2.75, 3.05) is 27.8 Å². The van der Waals surface area contributed by atoms with E-state index in [1.54, 1.807) is 41.5 Å². The van der Waals surface area contributed by atoms with Crippen LogP contribution in [0.25, 0.3) is 0 Å². The summed E-state index contributed by atoms with van der Waals surface area (Å²) in [5.41, 5.74) is -4.84. The molecule has 64 heavy (non-hydrogen) atoms. The Morgan fingerprint density at radius 3 is 1.95 bits per heavy atom. The number of cyclic esters (lactones) is 1. The number of carboxylic acid groups (broad SMARTS) is 1. The fourth-order valence-electron chi connectivity index (χ4n) is 9.08. The summed E-state index contributed by atoms with van der Waals surface area (Å²) in [7, 11) is 5.18. The monoisotopic (exact) mass is 930 g/mol. The quantitative estimate of drug-likeness (QED) is 0.0971. The number of esters is 1. The number of nitrogens with zero attached hydrogens (tertiary/aromatic N) is 1. The lowest BCUT2D eigenvalue weighted by Crippen LogP contribution is -2.61. The molecule has 3 saturated heterocycles. The van der Waals surface area contributed by atoms with Gasteiger partial charge in [-0.05, 0) is 74.9 Å². The molecule has 376 valence electrons. The molecule has 0 amide bonds. The fourth-order valence-corrected chi connectivity index (χ4v) is 9.08. The zero-order chi connectivity index (χ0) is 49.6. The van der Waals surface area contributed by atoms with Gasteiger partial charge in [0.1, 0.15) is 48.0 Å². The molecular formula is C43H79NO20. The first-order valence-corrected chi connectivity index (χ1v) is 22.0. The zero-order valence-electron chi connectivity index (χ0n) is 39.5. The van der Waals surface area contributed by atoms with Gasteiger partial charge in [-0.1, -0.05) is 27.7 Å². The minimum Gasteiger partial charge on any atom is -0.479 e. The second-order valence-corrected chi connectivity index (χ2v) is 19.0. The van der Waals surface area contributed by atoms with Crippen molar-refractivity contribution in [2.45, 2.75) is 204 Å². The van der Waals surface area contributed by atoms with Gasteiger partial charge in [0, 0.05) is 37.3 Å². The first-order chi connectivity index (χ1) is 29.3. The average molecular weight is 930 g/mol. The Morgan fingerprint density at radius 2 is 1.45 bits per heavy atom. The molecule has 3 aliphatic heterocycles. The zero-order valence-corrected chi connectivity index (χ0v) is 39.5. The van der Waals surface area contributed by atoms with Crippen LogP contribution in [-0.2, 0) is 42.8 Å². The van der Waals surface area contributed by atoms with Crippen molar-refractivity contribution in [2.24, 2.45) is 23.7 Å². The van der Waals surface area contributed by atoms with Gasteiger partial charge in [0.15, 0.2) is 18.7 Å². The molecule has 0 aromatic rings. The highest BCUT2D eigenvalue weighted by Gasteiger charge is 2.53. The predicted octanol–water partition coefficient (Wildman–Crippen LogP) is -1.71. The van der Waals surface area contributed by atoms with Crippen LogP contribution in [-0.4, -0.2) is 215 Å². The lowest BCUT2D eigenvalue weighted by atomic mass is 9.74. The number of carboxylic acids is 1. The molecule has 21 heteroatoms. The van der Waals surface area contributed by atoms with Crippen LogP contribution < -0.4 is 0 Å². The maximum atomic E-state index is 14.1. The van der Waals surface area contributed by atoms with Crippen LogP contribution in [0.3, 0.4) is 0 Å². The Balaban J connectivity index is 0.000000934. The number of methoxy groups -OCH3 is 1. The molecule has 0 aromatic carbocycles. The summed E-state index contributed by atoms with van der Waals surface area (Å²) in [5.74, 6) is -6.70. The normalized spacial score (nSPS) is 43.8. The Morgan fingerprint density at radius 1 is 0.875 bits per heavy atom. The number of ketones is 1. The molecule has 13 unspecified atom stereocenters. The van der Waals surface area contributed by atoms with Gasteiger partial charge >= 0.3 is 11.9 Å². The van der Waals surface area contributed by atoms with Gasteiger partial charge in [-0.25, -0.2) is 4.79 Å². The predicted molar refractivity (Wildman–Crippen MR) is 225 cm³/mol. The Bertz CT molecular complexity index is 1480. The van der Waals surface area contributed by atoms with E-state index in [1.165, 1.54) is 27.9 Å². The number of carbonyl (C=O) groups excluding carboxylic acids is 2. The molecule has 0 bridgehead atoms. The highest BCUT2D eigenvalue weighted by atomic mass is 16.7. The van der Waals surface area contributed by atoms with Gasteiger partial charge in [0.2, 0.25) is 0 Å². The first kappa shape index (κ1) is 58.1. The molecule has 0 aromatic heterocycles. The molecule has 0 radical (unpaired) electrons. The summed E-state index contributed by atoms with van der Waals surface area (Å²) in [6.45, 7) is 15.5. The second-order valence-electron chi connectivity index (χ2n) is 19.0. The van der Waals surface area contributed by atoms with Gasteiger partial charge in [0.05, 0.1) is 54.2 Å². The van der Waals surface area contributed by atoms with Gasteiger partial charge in [-0.15, -0.1) is 0 Å². The number of aliphatic hydroxyl groups is 10. The van der Waals surface area contributed by atoms with Crippen LogP contribution in [0.4, 0.5) is 0 Å². The van der Waals surface area contributed by atoms with Crippen LogP contribution in [0, 0.1) is 23.7 Å². The second kappa shape index (κ2) is 23.8. The van der Waals surface area contributed by atoms with Crippen LogP contribution in [0.15, 0.2) is 0 Å². The molecule has 0 saturated carbocycles. The highest BCUT2D eigenvalue weighted by molar-refractivity contribution is 5.83. The van der Waals surface area contributed by atoms with Crippen molar-refractivity contribution in [3.05, 3.63) is 0 Å². The Hall–Kier alpha value is -2.03. The highest BCUT2D eigenvalue weighted by Crippen LogP contribution is 2.41. The molecule has 22 atom stereocenters. The smallest absolute Gasteiger partial charge is 0.335 e. The number of hydrogen-bond donors (Lipinski definition) is 11. The number of rotatable bonds is 12. The molecule has 0 spiro atoms. The topological polar surface area (TPSA) is 332 Å². The van der Waals surface area contributed by atoms with Gasteiger partial charge in [0.25, 0.3) is 0 Å². The number of aliphatic hydroxyl groups excluding tert-OH is 8. The van der Waals surface area contributed by atoms with Gasteiger partial charge < -0.3 is 89.5 Å². The number of likely N-dealkylation sites (N-methyl/N-ethyl adjacent to an activating group) is 1. The maximum absolute atomic E-state index is 14.1. The van der Waals surface area contributed by atoms with E-state index in [1.807, 2.05) is 25.9 Å². The summed E-state index contributed by atoms with van der Waals surface area (Å²) >= 11 is 0. The van der Waals surface area contributed by atoms with Crippen LogP contribution >= 0.6 is 0 Å².